The Bertz CT molecular complexity index is 1200. The third kappa shape index (κ3) is 4.42. The molecular formula is C26H28N2O5. The first-order chi connectivity index (χ1) is 16.0. The zero-order chi connectivity index (χ0) is 23.4. The number of ether oxygens (including phenoxy) is 1. The van der Waals surface area contributed by atoms with Crippen LogP contribution in [0.5, 0.6) is 0 Å². The van der Waals surface area contributed by atoms with Crippen molar-refractivity contribution in [2.45, 2.75) is 44.8 Å². The van der Waals surface area contributed by atoms with Crippen LogP contribution >= 0.6 is 0 Å². The fourth-order valence-corrected chi connectivity index (χ4v) is 4.41. The number of carbonyl (C=O) groups is 2. The van der Waals surface area contributed by atoms with Crippen molar-refractivity contribution in [2.24, 2.45) is 0 Å². The monoisotopic (exact) mass is 448 g/mol. The molecule has 2 aromatic carbocycles. The SMILES string of the molecule is CCCCCC1(O)OC(=O)C(C(=O)NOC)=C1c1[nH]c2ccccc2c1Cc1ccccc1. The number of amides is 1. The summed E-state index contributed by atoms with van der Waals surface area (Å²) >= 11 is 0. The van der Waals surface area contributed by atoms with Gasteiger partial charge in [0.15, 0.2) is 0 Å². The van der Waals surface area contributed by atoms with Crippen molar-refractivity contribution < 1.29 is 24.3 Å². The third-order valence-electron chi connectivity index (χ3n) is 5.93. The highest BCUT2D eigenvalue weighted by Crippen LogP contribution is 2.44. The summed E-state index contributed by atoms with van der Waals surface area (Å²) in [5, 5.41) is 12.5. The second kappa shape index (κ2) is 9.60. The van der Waals surface area contributed by atoms with E-state index in [4.69, 9.17) is 9.57 Å². The van der Waals surface area contributed by atoms with Gasteiger partial charge in [-0.15, -0.1) is 0 Å². The van der Waals surface area contributed by atoms with Crippen molar-refractivity contribution in [3.05, 3.63) is 77.0 Å². The first kappa shape index (κ1) is 22.8. The summed E-state index contributed by atoms with van der Waals surface area (Å²) in [6, 6.07) is 17.7. The van der Waals surface area contributed by atoms with Gasteiger partial charge in [0.25, 0.3) is 5.91 Å². The molecule has 1 atom stereocenters. The van der Waals surface area contributed by atoms with E-state index in [0.29, 0.717) is 18.5 Å². The van der Waals surface area contributed by atoms with Crippen molar-refractivity contribution in [1.82, 2.24) is 10.5 Å². The lowest BCUT2D eigenvalue weighted by molar-refractivity contribution is -0.178. The standard InChI is InChI=1S/C26H28N2O5/c1-3-4-10-15-26(31)22(21(25(30)33-26)24(29)28-32-2)23-19(16-17-11-6-5-7-12-17)18-13-8-9-14-20(18)27-23/h5-9,11-14,27,31H,3-4,10,15-16H2,1-2H3,(H,28,29). The van der Waals surface area contributed by atoms with E-state index in [2.05, 4.69) is 17.4 Å². The fourth-order valence-electron chi connectivity index (χ4n) is 4.41. The number of aliphatic hydroxyl groups is 1. The van der Waals surface area contributed by atoms with Gasteiger partial charge in [-0.2, -0.15) is 0 Å². The van der Waals surface area contributed by atoms with E-state index in [1.807, 2.05) is 54.6 Å². The van der Waals surface area contributed by atoms with Gasteiger partial charge in [-0.25, -0.2) is 10.3 Å². The topological polar surface area (TPSA) is 101 Å². The summed E-state index contributed by atoms with van der Waals surface area (Å²) in [6.45, 7) is 2.05. The predicted molar refractivity (Wildman–Crippen MR) is 125 cm³/mol. The van der Waals surface area contributed by atoms with E-state index in [-0.39, 0.29) is 17.6 Å². The summed E-state index contributed by atoms with van der Waals surface area (Å²) in [6.07, 6.45) is 3.16. The smallest absolute Gasteiger partial charge is 0.347 e. The number of aromatic nitrogens is 1. The summed E-state index contributed by atoms with van der Waals surface area (Å²) in [4.78, 5) is 33.8. The molecule has 3 aromatic rings. The van der Waals surface area contributed by atoms with Gasteiger partial charge in [0.1, 0.15) is 5.57 Å². The number of para-hydroxylation sites is 1. The zero-order valence-electron chi connectivity index (χ0n) is 18.8. The molecule has 7 heteroatoms. The molecule has 0 saturated heterocycles. The lowest BCUT2D eigenvalue weighted by Crippen LogP contribution is -2.31. The van der Waals surface area contributed by atoms with Gasteiger partial charge in [-0.05, 0) is 23.6 Å². The van der Waals surface area contributed by atoms with Gasteiger partial charge in [-0.3, -0.25) is 9.63 Å². The van der Waals surface area contributed by atoms with Crippen LogP contribution in [-0.4, -0.2) is 34.9 Å². The lowest BCUT2D eigenvalue weighted by atomic mass is 9.90. The highest BCUT2D eigenvalue weighted by atomic mass is 16.7. The van der Waals surface area contributed by atoms with Gasteiger partial charge in [0.2, 0.25) is 5.79 Å². The van der Waals surface area contributed by atoms with Crippen molar-refractivity contribution in [3.63, 3.8) is 0 Å². The normalized spacial score (nSPS) is 18.1. The number of aromatic amines is 1. The molecule has 0 saturated carbocycles. The second-order valence-corrected chi connectivity index (χ2v) is 8.20. The van der Waals surface area contributed by atoms with Crippen LogP contribution in [0.1, 0.15) is 49.4 Å². The molecule has 33 heavy (non-hydrogen) atoms. The number of hydroxylamine groups is 1. The Kier molecular flexibility index (Phi) is 6.62. The molecule has 1 aliphatic rings. The number of nitrogens with one attached hydrogen (secondary N) is 2. The van der Waals surface area contributed by atoms with Crippen LogP contribution < -0.4 is 5.48 Å². The Morgan fingerprint density at radius 1 is 1.12 bits per heavy atom. The number of fused-ring (bicyclic) bond motifs is 1. The molecule has 0 bridgehead atoms. The number of esters is 1. The van der Waals surface area contributed by atoms with Gasteiger partial charge in [0.05, 0.1) is 18.4 Å². The molecule has 0 aliphatic carbocycles. The van der Waals surface area contributed by atoms with Crippen molar-refractivity contribution in [2.75, 3.05) is 7.11 Å². The Hall–Kier alpha value is -3.42. The van der Waals surface area contributed by atoms with E-state index in [9.17, 15) is 14.7 Å². The van der Waals surface area contributed by atoms with E-state index < -0.39 is 17.7 Å². The Balaban J connectivity index is 1.93. The number of H-pyrrole nitrogens is 1. The first-order valence-electron chi connectivity index (χ1n) is 11.2. The van der Waals surface area contributed by atoms with Gasteiger partial charge in [-0.1, -0.05) is 68.3 Å². The molecule has 1 unspecified atom stereocenters. The molecule has 7 nitrogen and oxygen atoms in total. The number of carbonyl (C=O) groups excluding carboxylic acids is 2. The molecule has 4 rings (SSSR count). The Morgan fingerprint density at radius 2 is 1.85 bits per heavy atom. The fraction of sp³-hybridized carbons (Fsp3) is 0.308. The highest BCUT2D eigenvalue weighted by molar-refractivity contribution is 6.25. The maximum Gasteiger partial charge on any atom is 0.347 e. The number of cyclic esters (lactones) is 1. The van der Waals surface area contributed by atoms with E-state index >= 15 is 0 Å². The van der Waals surface area contributed by atoms with Crippen LogP contribution in [0.2, 0.25) is 0 Å². The molecule has 2 heterocycles. The van der Waals surface area contributed by atoms with Gasteiger partial charge in [0, 0.05) is 23.7 Å². The summed E-state index contributed by atoms with van der Waals surface area (Å²) in [5.41, 5.74) is 5.40. The molecule has 3 N–H and O–H groups in total. The Labute approximate surface area is 192 Å². The molecule has 1 aliphatic heterocycles. The average Bonchev–Trinajstić information content (AvgIpc) is 3.28. The molecule has 0 radical (unpaired) electrons. The van der Waals surface area contributed by atoms with Crippen molar-refractivity contribution >= 4 is 28.4 Å². The van der Waals surface area contributed by atoms with Crippen LogP contribution in [0.25, 0.3) is 16.5 Å². The van der Waals surface area contributed by atoms with Gasteiger partial charge < -0.3 is 14.8 Å². The average molecular weight is 449 g/mol. The molecule has 1 aromatic heterocycles. The molecule has 172 valence electrons. The maximum atomic E-state index is 12.8. The van der Waals surface area contributed by atoms with E-state index in [0.717, 1.165) is 34.9 Å². The zero-order valence-corrected chi connectivity index (χ0v) is 18.8. The Morgan fingerprint density at radius 3 is 2.58 bits per heavy atom. The minimum absolute atomic E-state index is 0.153. The van der Waals surface area contributed by atoms with Crippen LogP contribution in [0.15, 0.2) is 60.2 Å². The van der Waals surface area contributed by atoms with Crippen LogP contribution in [0.3, 0.4) is 0 Å². The van der Waals surface area contributed by atoms with Gasteiger partial charge >= 0.3 is 5.97 Å². The first-order valence-corrected chi connectivity index (χ1v) is 11.2. The molecule has 0 fully saturated rings. The number of benzene rings is 2. The summed E-state index contributed by atoms with van der Waals surface area (Å²) < 4.78 is 5.45. The van der Waals surface area contributed by atoms with Crippen LogP contribution in [0, 0.1) is 0 Å². The number of unbranched alkanes of at least 4 members (excludes halogenated alkanes) is 2. The second-order valence-electron chi connectivity index (χ2n) is 8.20. The minimum atomic E-state index is -1.92. The third-order valence-corrected chi connectivity index (χ3v) is 5.93. The minimum Gasteiger partial charge on any atom is -0.425 e. The number of hydrogen-bond acceptors (Lipinski definition) is 5. The largest absolute Gasteiger partial charge is 0.425 e. The van der Waals surface area contributed by atoms with Crippen molar-refractivity contribution in [3.8, 4) is 0 Å². The molecule has 0 spiro atoms. The van der Waals surface area contributed by atoms with Crippen molar-refractivity contribution in [1.29, 1.82) is 0 Å². The van der Waals surface area contributed by atoms with Crippen LogP contribution in [-0.2, 0) is 25.6 Å². The quantitative estimate of drug-likeness (QED) is 0.199. The number of hydrogen-bond donors (Lipinski definition) is 3. The summed E-state index contributed by atoms with van der Waals surface area (Å²) in [5.74, 6) is -3.55. The predicted octanol–water partition coefficient (Wildman–Crippen LogP) is 4.02. The number of rotatable bonds is 9. The lowest BCUT2D eigenvalue weighted by Gasteiger charge is -2.25. The summed E-state index contributed by atoms with van der Waals surface area (Å²) in [7, 11) is 1.29. The molecule has 1 amide bonds. The van der Waals surface area contributed by atoms with Crippen LogP contribution in [0.4, 0.5) is 0 Å². The highest BCUT2D eigenvalue weighted by Gasteiger charge is 2.50. The van der Waals surface area contributed by atoms with E-state index in [1.54, 1.807) is 0 Å². The molecular weight excluding hydrogens is 420 g/mol. The van der Waals surface area contributed by atoms with E-state index in [1.165, 1.54) is 7.11 Å². The maximum absolute atomic E-state index is 12.8.